The molecule has 0 spiro atoms. The second-order valence-electron chi connectivity index (χ2n) is 10.3. The molecule has 1 saturated carbocycles. The third kappa shape index (κ3) is 8.56. The van der Waals surface area contributed by atoms with Gasteiger partial charge >= 0.3 is 0 Å². The zero-order valence-corrected chi connectivity index (χ0v) is 25.7. The van der Waals surface area contributed by atoms with E-state index in [-0.39, 0.29) is 18.5 Å². The van der Waals surface area contributed by atoms with E-state index in [9.17, 15) is 18.0 Å². The van der Waals surface area contributed by atoms with Crippen molar-refractivity contribution in [3.05, 3.63) is 94.5 Å². The summed E-state index contributed by atoms with van der Waals surface area (Å²) >= 11 is 3.45. The van der Waals surface area contributed by atoms with Crippen molar-refractivity contribution in [1.29, 1.82) is 0 Å². The summed E-state index contributed by atoms with van der Waals surface area (Å²) in [7, 11) is -2.36. The van der Waals surface area contributed by atoms with E-state index in [2.05, 4.69) is 21.2 Å². The molecule has 0 saturated heterocycles. The largest absolute Gasteiger partial charge is 0.497 e. The van der Waals surface area contributed by atoms with Gasteiger partial charge in [0.05, 0.1) is 19.1 Å². The van der Waals surface area contributed by atoms with Gasteiger partial charge < -0.3 is 15.0 Å². The SMILES string of the molecule is COc1cccc(N(CC(=O)N(Cc2ccc(Br)cc2)C(Cc2ccccc2)C(=O)NC2CCCC2)S(C)(=O)=O)c1. The van der Waals surface area contributed by atoms with Crippen LogP contribution in [0.2, 0.25) is 0 Å². The molecule has 218 valence electrons. The number of carbonyl (C=O) groups is 2. The van der Waals surface area contributed by atoms with Gasteiger partial charge in [-0.05, 0) is 48.2 Å². The normalized spacial score (nSPS) is 14.3. The fraction of sp³-hybridized carbons (Fsp3) is 0.355. The topological polar surface area (TPSA) is 96.0 Å². The number of nitrogens with zero attached hydrogens (tertiary/aromatic N) is 2. The summed E-state index contributed by atoms with van der Waals surface area (Å²) in [5, 5.41) is 3.17. The third-order valence-electron chi connectivity index (χ3n) is 7.26. The molecule has 4 rings (SSSR count). The van der Waals surface area contributed by atoms with Crippen LogP contribution in [0.4, 0.5) is 5.69 Å². The van der Waals surface area contributed by atoms with Crippen molar-refractivity contribution in [2.45, 2.75) is 50.7 Å². The number of hydrogen-bond donors (Lipinski definition) is 1. The molecule has 41 heavy (non-hydrogen) atoms. The molecular formula is C31H36BrN3O5S. The lowest BCUT2D eigenvalue weighted by atomic mass is 10.0. The number of amides is 2. The maximum absolute atomic E-state index is 14.2. The van der Waals surface area contributed by atoms with Crippen LogP contribution in [0.15, 0.2) is 83.3 Å². The number of rotatable bonds is 12. The number of hydrogen-bond acceptors (Lipinski definition) is 5. The summed E-state index contributed by atoms with van der Waals surface area (Å²) < 4.78 is 33.1. The first-order valence-corrected chi connectivity index (χ1v) is 16.3. The highest BCUT2D eigenvalue weighted by atomic mass is 79.9. The van der Waals surface area contributed by atoms with Crippen molar-refractivity contribution in [2.75, 3.05) is 24.2 Å². The Kier molecular flexibility index (Phi) is 10.4. The lowest BCUT2D eigenvalue weighted by Crippen LogP contribution is -2.54. The lowest BCUT2D eigenvalue weighted by Gasteiger charge is -2.34. The third-order valence-corrected chi connectivity index (χ3v) is 8.93. The molecule has 1 aliphatic rings. The number of nitrogens with one attached hydrogen (secondary N) is 1. The van der Waals surface area contributed by atoms with E-state index in [1.54, 1.807) is 24.3 Å². The van der Waals surface area contributed by atoms with E-state index in [0.717, 1.165) is 51.8 Å². The zero-order valence-electron chi connectivity index (χ0n) is 23.3. The highest BCUT2D eigenvalue weighted by molar-refractivity contribution is 9.10. The molecule has 8 nitrogen and oxygen atoms in total. The van der Waals surface area contributed by atoms with E-state index in [4.69, 9.17) is 4.74 Å². The number of benzene rings is 3. The average Bonchev–Trinajstić information content (AvgIpc) is 3.47. The molecule has 1 atom stereocenters. The highest BCUT2D eigenvalue weighted by Gasteiger charge is 2.34. The second-order valence-corrected chi connectivity index (χ2v) is 13.1. The van der Waals surface area contributed by atoms with Gasteiger partial charge in [-0.25, -0.2) is 8.42 Å². The Bertz CT molecular complexity index is 1430. The van der Waals surface area contributed by atoms with E-state index in [0.29, 0.717) is 17.9 Å². The van der Waals surface area contributed by atoms with Gasteiger partial charge in [-0.3, -0.25) is 13.9 Å². The molecule has 2 amide bonds. The molecule has 3 aromatic rings. The molecule has 0 heterocycles. The predicted octanol–water partition coefficient (Wildman–Crippen LogP) is 4.92. The summed E-state index contributed by atoms with van der Waals surface area (Å²) in [5.41, 5.74) is 2.03. The monoisotopic (exact) mass is 641 g/mol. The summed E-state index contributed by atoms with van der Waals surface area (Å²) in [6.45, 7) is -0.331. The van der Waals surface area contributed by atoms with Crippen molar-refractivity contribution in [1.82, 2.24) is 10.2 Å². The number of carbonyl (C=O) groups excluding carboxylic acids is 2. The maximum atomic E-state index is 14.2. The maximum Gasteiger partial charge on any atom is 0.244 e. The Morgan fingerprint density at radius 1 is 0.976 bits per heavy atom. The highest BCUT2D eigenvalue weighted by Crippen LogP contribution is 2.25. The first-order chi connectivity index (χ1) is 19.6. The summed E-state index contributed by atoms with van der Waals surface area (Å²) in [5.74, 6) is -0.254. The van der Waals surface area contributed by atoms with Crippen LogP contribution >= 0.6 is 15.9 Å². The first-order valence-electron chi connectivity index (χ1n) is 13.6. The molecule has 0 aromatic heterocycles. The second kappa shape index (κ2) is 14.0. The van der Waals surface area contributed by atoms with Crippen LogP contribution in [-0.4, -0.2) is 57.1 Å². The fourth-order valence-electron chi connectivity index (χ4n) is 5.09. The zero-order chi connectivity index (χ0) is 29.4. The molecule has 1 fully saturated rings. The number of ether oxygens (including phenoxy) is 1. The quantitative estimate of drug-likeness (QED) is 0.303. The molecule has 0 aliphatic heterocycles. The van der Waals surface area contributed by atoms with E-state index in [1.165, 1.54) is 12.0 Å². The smallest absolute Gasteiger partial charge is 0.244 e. The van der Waals surface area contributed by atoms with Crippen LogP contribution in [0, 0.1) is 0 Å². The summed E-state index contributed by atoms with van der Waals surface area (Å²) in [6, 6.07) is 22.9. The molecular weight excluding hydrogens is 606 g/mol. The number of halogens is 1. The number of methoxy groups -OCH3 is 1. The molecule has 0 bridgehead atoms. The summed E-state index contributed by atoms with van der Waals surface area (Å²) in [4.78, 5) is 29.6. The number of anilines is 1. The minimum Gasteiger partial charge on any atom is -0.497 e. The van der Waals surface area contributed by atoms with Gasteiger partial charge in [0.2, 0.25) is 21.8 Å². The van der Waals surface area contributed by atoms with E-state index >= 15 is 0 Å². The van der Waals surface area contributed by atoms with Crippen molar-refractivity contribution >= 4 is 43.5 Å². The Balaban J connectivity index is 1.72. The molecule has 10 heteroatoms. The Morgan fingerprint density at radius 3 is 2.29 bits per heavy atom. The lowest BCUT2D eigenvalue weighted by molar-refractivity contribution is -0.140. The molecule has 1 unspecified atom stereocenters. The molecule has 0 radical (unpaired) electrons. The number of sulfonamides is 1. The van der Waals surface area contributed by atoms with Gasteiger partial charge in [0.15, 0.2) is 0 Å². The van der Waals surface area contributed by atoms with E-state index in [1.807, 2.05) is 54.6 Å². The van der Waals surface area contributed by atoms with E-state index < -0.39 is 28.5 Å². The van der Waals surface area contributed by atoms with Crippen molar-refractivity contribution < 1.29 is 22.7 Å². The minimum atomic E-state index is -3.85. The van der Waals surface area contributed by atoms with Crippen LogP contribution in [0.3, 0.4) is 0 Å². The minimum absolute atomic E-state index is 0.0645. The van der Waals surface area contributed by atoms with Crippen LogP contribution in [0.25, 0.3) is 0 Å². The van der Waals surface area contributed by atoms with Gasteiger partial charge in [0.25, 0.3) is 0 Å². The molecule has 3 aromatic carbocycles. The van der Waals surface area contributed by atoms with Crippen LogP contribution in [-0.2, 0) is 32.6 Å². The Morgan fingerprint density at radius 2 is 1.66 bits per heavy atom. The van der Waals surface area contributed by atoms with Crippen molar-refractivity contribution in [3.8, 4) is 5.75 Å². The van der Waals surface area contributed by atoms with Gasteiger partial charge in [0.1, 0.15) is 18.3 Å². The van der Waals surface area contributed by atoms with Gasteiger partial charge in [-0.1, -0.05) is 77.3 Å². The van der Waals surface area contributed by atoms with Crippen LogP contribution in [0.1, 0.15) is 36.8 Å². The van der Waals surface area contributed by atoms with Gasteiger partial charge in [0, 0.05) is 29.5 Å². The van der Waals surface area contributed by atoms with Crippen LogP contribution < -0.4 is 14.4 Å². The van der Waals surface area contributed by atoms with Gasteiger partial charge in [-0.2, -0.15) is 0 Å². The van der Waals surface area contributed by atoms with Crippen LogP contribution in [0.5, 0.6) is 5.75 Å². The molecule has 1 aliphatic carbocycles. The van der Waals surface area contributed by atoms with Crippen molar-refractivity contribution in [2.24, 2.45) is 0 Å². The Hall–Kier alpha value is -3.37. The molecule has 1 N–H and O–H groups in total. The summed E-state index contributed by atoms with van der Waals surface area (Å²) in [6.07, 6.45) is 5.27. The first kappa shape index (κ1) is 30.6. The van der Waals surface area contributed by atoms with Gasteiger partial charge in [-0.15, -0.1) is 0 Å². The average molecular weight is 643 g/mol. The fourth-order valence-corrected chi connectivity index (χ4v) is 6.19. The standard InChI is InChI=1S/C31H36BrN3O5S/c1-40-28-14-8-13-27(20-28)35(41(2,38)39)22-30(36)34(21-24-15-17-25(32)18-16-24)29(19-23-9-4-3-5-10-23)31(37)33-26-11-6-7-12-26/h3-5,8-10,13-18,20,26,29H,6-7,11-12,19,21-22H2,1-2H3,(H,33,37). The van der Waals surface area contributed by atoms with Crippen molar-refractivity contribution in [3.63, 3.8) is 0 Å². The predicted molar refractivity (Wildman–Crippen MR) is 164 cm³/mol. The Labute approximate surface area is 250 Å².